The van der Waals surface area contributed by atoms with E-state index in [1.54, 1.807) is 24.4 Å². The summed E-state index contributed by atoms with van der Waals surface area (Å²) in [6.45, 7) is 2.76. The number of likely N-dealkylation sites (tertiary alicyclic amines) is 1. The zero-order valence-corrected chi connectivity index (χ0v) is 15.5. The molecule has 0 unspecified atom stereocenters. The van der Waals surface area contributed by atoms with E-state index in [9.17, 15) is 4.79 Å². The van der Waals surface area contributed by atoms with Gasteiger partial charge in [0.1, 0.15) is 24.8 Å². The van der Waals surface area contributed by atoms with Crippen molar-refractivity contribution in [3.63, 3.8) is 0 Å². The lowest BCUT2D eigenvalue weighted by Crippen LogP contribution is -2.40. The molecule has 3 heterocycles. The molecule has 1 fully saturated rings. The van der Waals surface area contributed by atoms with Crippen molar-refractivity contribution in [2.75, 3.05) is 32.9 Å². The number of carbonyl (C=O) groups is 1. The van der Waals surface area contributed by atoms with E-state index in [1.807, 2.05) is 17.0 Å². The zero-order chi connectivity index (χ0) is 19.3. The molecule has 2 aliphatic rings. The minimum atomic E-state index is -0.0294. The van der Waals surface area contributed by atoms with Crippen LogP contribution in [0.15, 0.2) is 36.5 Å². The van der Waals surface area contributed by atoms with Gasteiger partial charge in [-0.25, -0.2) is 4.98 Å². The summed E-state index contributed by atoms with van der Waals surface area (Å²) in [7, 11) is 0. The van der Waals surface area contributed by atoms with Crippen molar-refractivity contribution in [1.82, 2.24) is 9.88 Å². The molecule has 0 N–H and O–H groups in total. The Kier molecular flexibility index (Phi) is 5.29. The van der Waals surface area contributed by atoms with Crippen LogP contribution >= 0.6 is 0 Å². The van der Waals surface area contributed by atoms with Gasteiger partial charge in [0.05, 0.1) is 12.2 Å². The second-order valence-electron chi connectivity index (χ2n) is 6.84. The van der Waals surface area contributed by atoms with Crippen LogP contribution in [0.2, 0.25) is 0 Å². The lowest BCUT2D eigenvalue weighted by Gasteiger charge is -2.32. The Morgan fingerprint density at radius 1 is 1.21 bits per heavy atom. The molecule has 144 valence electrons. The SMILES string of the molecule is N#Cc1cccnc1OCC1CCN(C(=O)c2cccc3c2OCCO3)CC1. The maximum absolute atomic E-state index is 13.0. The number of piperidine rings is 1. The van der Waals surface area contributed by atoms with Crippen LogP contribution in [0.3, 0.4) is 0 Å². The predicted molar refractivity (Wildman–Crippen MR) is 101 cm³/mol. The lowest BCUT2D eigenvalue weighted by molar-refractivity contribution is 0.0650. The van der Waals surface area contributed by atoms with Gasteiger partial charge in [-0.15, -0.1) is 0 Å². The van der Waals surface area contributed by atoms with Gasteiger partial charge in [0.2, 0.25) is 5.88 Å². The number of amides is 1. The van der Waals surface area contributed by atoms with Crippen LogP contribution in [0.4, 0.5) is 0 Å². The molecule has 0 radical (unpaired) electrons. The normalized spacial score (nSPS) is 16.3. The number of ether oxygens (including phenoxy) is 3. The fraction of sp³-hybridized carbons (Fsp3) is 0.381. The van der Waals surface area contributed by atoms with Gasteiger partial charge >= 0.3 is 0 Å². The van der Waals surface area contributed by atoms with Gasteiger partial charge in [-0.3, -0.25) is 4.79 Å². The molecule has 0 saturated carbocycles. The summed E-state index contributed by atoms with van der Waals surface area (Å²) < 4.78 is 17.0. The molecule has 2 aromatic rings. The van der Waals surface area contributed by atoms with Crippen LogP contribution in [0.25, 0.3) is 0 Å². The van der Waals surface area contributed by atoms with Crippen molar-refractivity contribution < 1.29 is 19.0 Å². The molecular weight excluding hydrogens is 358 g/mol. The number of para-hydroxylation sites is 1. The number of hydrogen-bond acceptors (Lipinski definition) is 6. The van der Waals surface area contributed by atoms with Gasteiger partial charge in [0, 0.05) is 19.3 Å². The smallest absolute Gasteiger partial charge is 0.257 e. The number of hydrogen-bond donors (Lipinski definition) is 0. The van der Waals surface area contributed by atoms with Crippen LogP contribution < -0.4 is 14.2 Å². The van der Waals surface area contributed by atoms with E-state index in [1.165, 1.54) is 0 Å². The predicted octanol–water partition coefficient (Wildman–Crippen LogP) is 2.66. The summed E-state index contributed by atoms with van der Waals surface area (Å²) in [5, 5.41) is 9.11. The van der Waals surface area contributed by atoms with Gasteiger partial charge in [-0.1, -0.05) is 6.07 Å². The molecule has 1 aromatic carbocycles. The quantitative estimate of drug-likeness (QED) is 0.812. The van der Waals surface area contributed by atoms with Crippen molar-refractivity contribution in [2.45, 2.75) is 12.8 Å². The number of rotatable bonds is 4. The average molecular weight is 379 g/mol. The Hall–Kier alpha value is -3.27. The van der Waals surface area contributed by atoms with E-state index in [2.05, 4.69) is 11.1 Å². The van der Waals surface area contributed by atoms with E-state index in [4.69, 9.17) is 19.5 Å². The van der Waals surface area contributed by atoms with Crippen LogP contribution in [0.1, 0.15) is 28.8 Å². The van der Waals surface area contributed by atoms with E-state index in [0.29, 0.717) is 67.3 Å². The molecule has 1 saturated heterocycles. The molecule has 7 heteroatoms. The van der Waals surface area contributed by atoms with Crippen LogP contribution in [-0.4, -0.2) is 48.7 Å². The van der Waals surface area contributed by atoms with Gasteiger partial charge in [0.15, 0.2) is 11.5 Å². The highest BCUT2D eigenvalue weighted by Crippen LogP contribution is 2.35. The molecule has 1 aromatic heterocycles. The Bertz CT molecular complexity index is 901. The van der Waals surface area contributed by atoms with Crippen molar-refractivity contribution >= 4 is 5.91 Å². The fourth-order valence-electron chi connectivity index (χ4n) is 3.50. The summed E-state index contributed by atoms with van der Waals surface area (Å²) in [6, 6.07) is 10.9. The molecule has 28 heavy (non-hydrogen) atoms. The third-order valence-corrected chi connectivity index (χ3v) is 5.05. The molecule has 2 aliphatic heterocycles. The summed E-state index contributed by atoms with van der Waals surface area (Å²) in [5.74, 6) is 1.84. The molecule has 7 nitrogen and oxygen atoms in total. The zero-order valence-electron chi connectivity index (χ0n) is 15.5. The Morgan fingerprint density at radius 3 is 2.86 bits per heavy atom. The number of carbonyl (C=O) groups excluding carboxylic acids is 1. The number of fused-ring (bicyclic) bond motifs is 1. The topological polar surface area (TPSA) is 84.7 Å². The molecular formula is C21H21N3O4. The highest BCUT2D eigenvalue weighted by Gasteiger charge is 2.28. The number of nitriles is 1. The van der Waals surface area contributed by atoms with Crippen molar-refractivity contribution in [1.29, 1.82) is 5.26 Å². The Balaban J connectivity index is 1.34. The van der Waals surface area contributed by atoms with Crippen LogP contribution in [0, 0.1) is 17.2 Å². The molecule has 4 rings (SSSR count). The minimum Gasteiger partial charge on any atom is -0.486 e. The molecule has 0 bridgehead atoms. The standard InChI is InChI=1S/C21H21N3O4/c22-13-16-3-2-8-23-20(16)28-14-15-6-9-24(10-7-15)21(25)17-4-1-5-18-19(17)27-12-11-26-18/h1-5,8,15H,6-7,9-12,14H2. The largest absolute Gasteiger partial charge is 0.486 e. The summed E-state index contributed by atoms with van der Waals surface area (Å²) in [5.41, 5.74) is 0.991. The van der Waals surface area contributed by atoms with Crippen LogP contribution in [0.5, 0.6) is 17.4 Å². The molecule has 0 aliphatic carbocycles. The first-order valence-electron chi connectivity index (χ1n) is 9.42. The third-order valence-electron chi connectivity index (χ3n) is 5.05. The Morgan fingerprint density at radius 2 is 2.04 bits per heavy atom. The lowest BCUT2D eigenvalue weighted by atomic mass is 9.97. The number of aromatic nitrogens is 1. The van der Waals surface area contributed by atoms with Gasteiger partial charge in [-0.05, 0) is 43.0 Å². The first kappa shape index (κ1) is 18.1. The molecule has 1 amide bonds. The highest BCUT2D eigenvalue weighted by molar-refractivity contribution is 5.98. The van der Waals surface area contributed by atoms with Crippen LogP contribution in [-0.2, 0) is 0 Å². The van der Waals surface area contributed by atoms with Crippen molar-refractivity contribution in [3.8, 4) is 23.4 Å². The maximum Gasteiger partial charge on any atom is 0.257 e. The van der Waals surface area contributed by atoms with Gasteiger partial charge < -0.3 is 19.1 Å². The van der Waals surface area contributed by atoms with E-state index < -0.39 is 0 Å². The summed E-state index contributed by atoms with van der Waals surface area (Å²) in [6.07, 6.45) is 3.30. The first-order valence-corrected chi connectivity index (χ1v) is 9.42. The van der Waals surface area contributed by atoms with E-state index in [-0.39, 0.29) is 5.91 Å². The summed E-state index contributed by atoms with van der Waals surface area (Å²) >= 11 is 0. The molecule has 0 spiro atoms. The second-order valence-corrected chi connectivity index (χ2v) is 6.84. The minimum absolute atomic E-state index is 0.0294. The van der Waals surface area contributed by atoms with Crippen molar-refractivity contribution in [2.24, 2.45) is 5.92 Å². The molecule has 0 atom stereocenters. The van der Waals surface area contributed by atoms with E-state index >= 15 is 0 Å². The number of benzene rings is 1. The second kappa shape index (κ2) is 8.17. The third kappa shape index (κ3) is 3.72. The number of nitrogens with zero attached hydrogens (tertiary/aromatic N) is 3. The maximum atomic E-state index is 13.0. The van der Waals surface area contributed by atoms with Crippen molar-refractivity contribution in [3.05, 3.63) is 47.7 Å². The first-order chi connectivity index (χ1) is 13.8. The highest BCUT2D eigenvalue weighted by atomic mass is 16.6. The Labute approximate surface area is 163 Å². The number of pyridine rings is 1. The van der Waals surface area contributed by atoms with Gasteiger partial charge in [-0.2, -0.15) is 5.26 Å². The average Bonchev–Trinajstić information content (AvgIpc) is 2.77. The van der Waals surface area contributed by atoms with E-state index in [0.717, 1.165) is 12.8 Å². The van der Waals surface area contributed by atoms with Gasteiger partial charge in [0.25, 0.3) is 5.91 Å². The summed E-state index contributed by atoms with van der Waals surface area (Å²) in [4.78, 5) is 18.9. The fourth-order valence-corrected chi connectivity index (χ4v) is 3.50. The monoisotopic (exact) mass is 379 g/mol.